The molecule has 3 rings (SSSR count). The standard InChI is InChI=1S/C22H27ClFN3O4S/c1-16(2)25-32(29,30)17-7-8-20(24)18(15-17)22(28)27-11-9-26(10-12-27)13-14-31-21-6-4-3-5-19(21)23/h3-8,15-16,25H,9-14H2,1-2H3. The first-order valence-electron chi connectivity index (χ1n) is 10.4. The van der Waals surface area contributed by atoms with Crippen molar-refractivity contribution in [2.24, 2.45) is 0 Å². The predicted octanol–water partition coefficient (Wildman–Crippen LogP) is 3.00. The zero-order chi connectivity index (χ0) is 23.3. The summed E-state index contributed by atoms with van der Waals surface area (Å²) in [6.45, 7) is 6.51. The third-order valence-electron chi connectivity index (χ3n) is 5.03. The lowest BCUT2D eigenvalue weighted by atomic mass is 10.1. The zero-order valence-corrected chi connectivity index (χ0v) is 19.6. The normalized spacial score (nSPS) is 15.2. The minimum Gasteiger partial charge on any atom is -0.491 e. The highest BCUT2D eigenvalue weighted by molar-refractivity contribution is 7.89. The Hall–Kier alpha value is -2.20. The van der Waals surface area contributed by atoms with E-state index in [9.17, 15) is 17.6 Å². The van der Waals surface area contributed by atoms with Crippen molar-refractivity contribution < 1.29 is 22.3 Å². The number of piperazine rings is 1. The first-order valence-corrected chi connectivity index (χ1v) is 12.2. The van der Waals surface area contributed by atoms with Crippen molar-refractivity contribution in [3.05, 3.63) is 58.9 Å². The molecule has 1 aliphatic heterocycles. The van der Waals surface area contributed by atoms with Crippen LogP contribution in [-0.4, -0.2) is 69.5 Å². The van der Waals surface area contributed by atoms with Crippen molar-refractivity contribution in [1.29, 1.82) is 0 Å². The topological polar surface area (TPSA) is 79.0 Å². The first kappa shape index (κ1) is 24.4. The number of hydrogen-bond acceptors (Lipinski definition) is 5. The first-order chi connectivity index (χ1) is 15.2. The number of para-hydroxylation sites is 1. The SMILES string of the molecule is CC(C)NS(=O)(=O)c1ccc(F)c(C(=O)N2CCN(CCOc3ccccc3Cl)CC2)c1. The smallest absolute Gasteiger partial charge is 0.256 e. The Labute approximate surface area is 193 Å². The Morgan fingerprint density at radius 1 is 1.16 bits per heavy atom. The van der Waals surface area contributed by atoms with E-state index >= 15 is 0 Å². The molecular weight excluding hydrogens is 457 g/mol. The number of carbonyl (C=O) groups is 1. The minimum atomic E-state index is -3.83. The van der Waals surface area contributed by atoms with E-state index in [1.807, 2.05) is 12.1 Å². The molecule has 174 valence electrons. The van der Waals surface area contributed by atoms with E-state index in [0.717, 1.165) is 18.2 Å². The van der Waals surface area contributed by atoms with E-state index in [1.165, 1.54) is 4.90 Å². The average Bonchev–Trinajstić information content (AvgIpc) is 2.74. The molecule has 0 aliphatic carbocycles. The zero-order valence-electron chi connectivity index (χ0n) is 18.1. The van der Waals surface area contributed by atoms with Crippen LogP contribution in [0, 0.1) is 5.82 Å². The molecular formula is C22H27ClFN3O4S. The molecule has 32 heavy (non-hydrogen) atoms. The second-order valence-electron chi connectivity index (χ2n) is 7.83. The van der Waals surface area contributed by atoms with Gasteiger partial charge in [0.15, 0.2) is 0 Å². The number of benzene rings is 2. The highest BCUT2D eigenvalue weighted by atomic mass is 35.5. The monoisotopic (exact) mass is 483 g/mol. The fraction of sp³-hybridized carbons (Fsp3) is 0.409. The Bertz CT molecular complexity index is 1060. The molecule has 2 aromatic rings. The van der Waals surface area contributed by atoms with Crippen LogP contribution in [0.2, 0.25) is 5.02 Å². The summed E-state index contributed by atoms with van der Waals surface area (Å²) in [4.78, 5) is 16.4. The molecule has 0 radical (unpaired) electrons. The summed E-state index contributed by atoms with van der Waals surface area (Å²) in [7, 11) is -3.83. The van der Waals surface area contributed by atoms with Crippen LogP contribution in [0.15, 0.2) is 47.4 Å². The van der Waals surface area contributed by atoms with Crippen LogP contribution in [0.3, 0.4) is 0 Å². The van der Waals surface area contributed by atoms with Gasteiger partial charge in [0, 0.05) is 38.8 Å². The number of hydrogen-bond donors (Lipinski definition) is 1. The van der Waals surface area contributed by atoms with Gasteiger partial charge in [0.05, 0.1) is 15.5 Å². The predicted molar refractivity (Wildman–Crippen MR) is 121 cm³/mol. The number of rotatable bonds is 8. The molecule has 1 N–H and O–H groups in total. The van der Waals surface area contributed by atoms with Crippen LogP contribution < -0.4 is 9.46 Å². The maximum atomic E-state index is 14.4. The lowest BCUT2D eigenvalue weighted by molar-refractivity contribution is 0.0615. The van der Waals surface area contributed by atoms with Gasteiger partial charge in [-0.3, -0.25) is 9.69 Å². The van der Waals surface area contributed by atoms with Gasteiger partial charge in [-0.1, -0.05) is 23.7 Å². The Morgan fingerprint density at radius 3 is 2.50 bits per heavy atom. The third kappa shape index (κ3) is 6.19. The second kappa shape index (κ2) is 10.6. The number of amides is 1. The summed E-state index contributed by atoms with van der Waals surface area (Å²) >= 11 is 6.08. The summed E-state index contributed by atoms with van der Waals surface area (Å²) in [5.41, 5.74) is -0.243. The van der Waals surface area contributed by atoms with E-state index in [0.29, 0.717) is 50.1 Å². The van der Waals surface area contributed by atoms with Crippen LogP contribution in [0.25, 0.3) is 0 Å². The number of carbonyl (C=O) groups excluding carboxylic acids is 1. The lowest BCUT2D eigenvalue weighted by Gasteiger charge is -2.34. The van der Waals surface area contributed by atoms with Crippen LogP contribution in [-0.2, 0) is 10.0 Å². The molecule has 1 saturated heterocycles. The number of sulfonamides is 1. The van der Waals surface area contributed by atoms with Crippen molar-refractivity contribution in [1.82, 2.24) is 14.5 Å². The summed E-state index contributed by atoms with van der Waals surface area (Å²) in [5.74, 6) is -0.634. The van der Waals surface area contributed by atoms with Gasteiger partial charge in [-0.25, -0.2) is 17.5 Å². The van der Waals surface area contributed by atoms with Crippen molar-refractivity contribution in [2.45, 2.75) is 24.8 Å². The molecule has 7 nitrogen and oxygen atoms in total. The largest absolute Gasteiger partial charge is 0.491 e. The van der Waals surface area contributed by atoms with Crippen LogP contribution >= 0.6 is 11.6 Å². The fourth-order valence-corrected chi connectivity index (χ4v) is 4.87. The van der Waals surface area contributed by atoms with Gasteiger partial charge in [0.1, 0.15) is 18.2 Å². The number of halogens is 2. The van der Waals surface area contributed by atoms with Crippen molar-refractivity contribution >= 4 is 27.5 Å². The Morgan fingerprint density at radius 2 is 1.84 bits per heavy atom. The molecule has 0 unspecified atom stereocenters. The van der Waals surface area contributed by atoms with Gasteiger partial charge >= 0.3 is 0 Å². The highest BCUT2D eigenvalue weighted by Gasteiger charge is 2.26. The van der Waals surface area contributed by atoms with E-state index < -0.39 is 21.7 Å². The summed E-state index contributed by atoms with van der Waals surface area (Å²) in [5, 5.41) is 0.554. The van der Waals surface area contributed by atoms with E-state index in [-0.39, 0.29) is 16.5 Å². The van der Waals surface area contributed by atoms with Gasteiger partial charge in [0.2, 0.25) is 10.0 Å². The summed E-state index contributed by atoms with van der Waals surface area (Å²) in [6, 6.07) is 10.2. The highest BCUT2D eigenvalue weighted by Crippen LogP contribution is 2.23. The molecule has 0 atom stereocenters. The molecule has 1 heterocycles. The van der Waals surface area contributed by atoms with Gasteiger partial charge in [-0.15, -0.1) is 0 Å². The van der Waals surface area contributed by atoms with E-state index in [2.05, 4.69) is 9.62 Å². The van der Waals surface area contributed by atoms with Gasteiger partial charge < -0.3 is 9.64 Å². The molecule has 1 fully saturated rings. The Balaban J connectivity index is 1.57. The molecule has 0 spiro atoms. The van der Waals surface area contributed by atoms with Crippen LogP contribution in [0.5, 0.6) is 5.75 Å². The molecule has 0 aromatic heterocycles. The van der Waals surface area contributed by atoms with Crippen molar-refractivity contribution in [2.75, 3.05) is 39.3 Å². The minimum absolute atomic E-state index is 0.133. The van der Waals surface area contributed by atoms with E-state index in [4.69, 9.17) is 16.3 Å². The van der Waals surface area contributed by atoms with Crippen molar-refractivity contribution in [3.8, 4) is 5.75 Å². The number of nitrogens with one attached hydrogen (secondary N) is 1. The van der Waals surface area contributed by atoms with Crippen LogP contribution in [0.4, 0.5) is 4.39 Å². The van der Waals surface area contributed by atoms with Gasteiger partial charge in [-0.05, 0) is 44.2 Å². The average molecular weight is 484 g/mol. The maximum Gasteiger partial charge on any atom is 0.256 e. The van der Waals surface area contributed by atoms with Crippen molar-refractivity contribution in [3.63, 3.8) is 0 Å². The Kier molecular flexibility index (Phi) is 8.10. The quantitative estimate of drug-likeness (QED) is 0.624. The van der Waals surface area contributed by atoms with Crippen LogP contribution in [0.1, 0.15) is 24.2 Å². The number of nitrogens with zero attached hydrogens (tertiary/aromatic N) is 2. The summed E-state index contributed by atoms with van der Waals surface area (Å²) in [6.07, 6.45) is 0. The second-order valence-corrected chi connectivity index (χ2v) is 9.95. The third-order valence-corrected chi connectivity index (χ3v) is 7.00. The molecule has 0 bridgehead atoms. The maximum absolute atomic E-state index is 14.4. The summed E-state index contributed by atoms with van der Waals surface area (Å²) < 4.78 is 47.3. The fourth-order valence-electron chi connectivity index (χ4n) is 3.41. The molecule has 1 amide bonds. The molecule has 2 aromatic carbocycles. The molecule has 10 heteroatoms. The molecule has 1 aliphatic rings. The van der Waals surface area contributed by atoms with Gasteiger partial charge in [-0.2, -0.15) is 0 Å². The van der Waals surface area contributed by atoms with E-state index in [1.54, 1.807) is 26.0 Å². The molecule has 0 saturated carbocycles. The van der Waals surface area contributed by atoms with Gasteiger partial charge in [0.25, 0.3) is 5.91 Å². The lowest BCUT2D eigenvalue weighted by Crippen LogP contribution is -2.49. The number of ether oxygens (including phenoxy) is 1.